The molecule has 18 heavy (non-hydrogen) atoms. The predicted octanol–water partition coefficient (Wildman–Crippen LogP) is 2.22. The maximum Gasteiger partial charge on any atom is 0.188 e. The van der Waals surface area contributed by atoms with Crippen LogP contribution >= 0.6 is 0 Å². The molecular formula is C14H20FN3. The lowest BCUT2D eigenvalue weighted by atomic mass is 10.1. The molecule has 2 rings (SSSR count). The summed E-state index contributed by atoms with van der Waals surface area (Å²) in [6.45, 7) is 0.636. The average Bonchev–Trinajstić information content (AvgIpc) is 2.84. The predicted molar refractivity (Wildman–Crippen MR) is 72.0 cm³/mol. The summed E-state index contributed by atoms with van der Waals surface area (Å²) in [4.78, 5) is 4.29. The molecular weight excluding hydrogens is 229 g/mol. The number of hydrogen-bond donors (Lipinski definition) is 2. The van der Waals surface area contributed by atoms with Crippen LogP contribution in [0.2, 0.25) is 0 Å². The van der Waals surface area contributed by atoms with E-state index < -0.39 is 0 Å². The highest BCUT2D eigenvalue weighted by Crippen LogP contribution is 2.17. The zero-order valence-electron chi connectivity index (χ0n) is 10.5. The molecule has 0 saturated heterocycles. The summed E-state index contributed by atoms with van der Waals surface area (Å²) in [5.41, 5.74) is 6.90. The summed E-state index contributed by atoms with van der Waals surface area (Å²) in [6.07, 6.45) is 5.72. The molecule has 0 amide bonds. The molecule has 1 aliphatic rings. The molecule has 1 aliphatic carbocycles. The standard InChI is InChI=1S/C14H20FN3/c15-12-7-5-11(6-8-12)9-10-17-14(16)18-13-3-1-2-4-13/h5-8,13H,1-4,9-10H2,(H3,16,17,18). The Hall–Kier alpha value is -1.58. The SMILES string of the molecule is NC(=NCCc1ccc(F)cc1)NC1CCCC1. The van der Waals surface area contributed by atoms with E-state index >= 15 is 0 Å². The maximum atomic E-state index is 12.7. The van der Waals surface area contributed by atoms with Crippen LogP contribution in [0.1, 0.15) is 31.2 Å². The van der Waals surface area contributed by atoms with E-state index in [2.05, 4.69) is 10.3 Å². The van der Waals surface area contributed by atoms with E-state index in [1.54, 1.807) is 12.1 Å². The molecule has 0 atom stereocenters. The normalized spacial score (nSPS) is 17.1. The largest absolute Gasteiger partial charge is 0.370 e. The third-order valence-electron chi connectivity index (χ3n) is 3.30. The molecule has 0 radical (unpaired) electrons. The Labute approximate surface area is 107 Å². The van der Waals surface area contributed by atoms with Crippen LogP contribution in [0.15, 0.2) is 29.3 Å². The van der Waals surface area contributed by atoms with Crippen LogP contribution in [0.4, 0.5) is 4.39 Å². The number of nitrogens with zero attached hydrogens (tertiary/aromatic N) is 1. The lowest BCUT2D eigenvalue weighted by Gasteiger charge is -2.12. The summed E-state index contributed by atoms with van der Waals surface area (Å²) in [6, 6.07) is 7.01. The van der Waals surface area contributed by atoms with Crippen molar-refractivity contribution in [1.82, 2.24) is 5.32 Å². The fraction of sp³-hybridized carbons (Fsp3) is 0.500. The second-order valence-electron chi connectivity index (χ2n) is 4.77. The van der Waals surface area contributed by atoms with Gasteiger partial charge in [0.1, 0.15) is 5.82 Å². The van der Waals surface area contributed by atoms with Gasteiger partial charge in [0, 0.05) is 12.6 Å². The third-order valence-corrected chi connectivity index (χ3v) is 3.30. The van der Waals surface area contributed by atoms with Gasteiger partial charge >= 0.3 is 0 Å². The van der Waals surface area contributed by atoms with Crippen molar-refractivity contribution < 1.29 is 4.39 Å². The van der Waals surface area contributed by atoms with Gasteiger partial charge in [-0.15, -0.1) is 0 Å². The quantitative estimate of drug-likeness (QED) is 0.635. The zero-order valence-corrected chi connectivity index (χ0v) is 10.5. The first-order chi connectivity index (χ1) is 8.74. The minimum Gasteiger partial charge on any atom is -0.370 e. The van der Waals surface area contributed by atoms with Gasteiger partial charge in [-0.25, -0.2) is 4.39 Å². The molecule has 0 unspecified atom stereocenters. The number of aliphatic imine (C=N–C) groups is 1. The minimum atomic E-state index is -0.204. The van der Waals surface area contributed by atoms with Crippen LogP contribution in [0.5, 0.6) is 0 Å². The van der Waals surface area contributed by atoms with Gasteiger partial charge in [0.25, 0.3) is 0 Å². The molecule has 1 aromatic carbocycles. The van der Waals surface area contributed by atoms with Crippen LogP contribution in [0.25, 0.3) is 0 Å². The second-order valence-corrected chi connectivity index (χ2v) is 4.77. The van der Waals surface area contributed by atoms with E-state index in [4.69, 9.17) is 5.73 Å². The van der Waals surface area contributed by atoms with Gasteiger partial charge in [0.05, 0.1) is 0 Å². The number of halogens is 1. The Kier molecular flexibility index (Phi) is 4.56. The van der Waals surface area contributed by atoms with Gasteiger partial charge in [0.2, 0.25) is 0 Å². The lowest BCUT2D eigenvalue weighted by molar-refractivity contribution is 0.624. The Morgan fingerprint density at radius 2 is 1.94 bits per heavy atom. The van der Waals surface area contributed by atoms with Crippen molar-refractivity contribution in [1.29, 1.82) is 0 Å². The molecule has 3 nitrogen and oxygen atoms in total. The summed E-state index contributed by atoms with van der Waals surface area (Å²) in [5.74, 6) is 0.327. The molecule has 1 aromatic rings. The van der Waals surface area contributed by atoms with E-state index in [0.29, 0.717) is 18.5 Å². The van der Waals surface area contributed by atoms with E-state index in [-0.39, 0.29) is 5.82 Å². The van der Waals surface area contributed by atoms with Crippen molar-refractivity contribution in [2.75, 3.05) is 6.54 Å². The molecule has 3 N–H and O–H groups in total. The Morgan fingerprint density at radius 1 is 1.28 bits per heavy atom. The molecule has 4 heteroatoms. The average molecular weight is 249 g/mol. The minimum absolute atomic E-state index is 0.204. The van der Waals surface area contributed by atoms with Gasteiger partial charge in [-0.3, -0.25) is 4.99 Å². The number of nitrogens with one attached hydrogen (secondary N) is 1. The number of rotatable bonds is 4. The monoisotopic (exact) mass is 249 g/mol. The Bertz CT molecular complexity index is 394. The fourth-order valence-electron chi connectivity index (χ4n) is 2.28. The molecule has 0 aromatic heterocycles. The topological polar surface area (TPSA) is 50.4 Å². The molecule has 1 saturated carbocycles. The molecule has 0 aliphatic heterocycles. The highest BCUT2D eigenvalue weighted by molar-refractivity contribution is 5.78. The summed E-state index contributed by atoms with van der Waals surface area (Å²) in [5, 5.41) is 3.24. The van der Waals surface area contributed by atoms with Crippen molar-refractivity contribution in [2.45, 2.75) is 38.1 Å². The van der Waals surface area contributed by atoms with Crippen LogP contribution < -0.4 is 11.1 Å². The second kappa shape index (κ2) is 6.38. The van der Waals surface area contributed by atoms with Gasteiger partial charge in [0.15, 0.2) is 5.96 Å². The lowest BCUT2D eigenvalue weighted by Crippen LogP contribution is -2.38. The first-order valence-electron chi connectivity index (χ1n) is 6.55. The number of benzene rings is 1. The highest BCUT2D eigenvalue weighted by atomic mass is 19.1. The smallest absolute Gasteiger partial charge is 0.188 e. The third kappa shape index (κ3) is 4.02. The van der Waals surface area contributed by atoms with E-state index in [9.17, 15) is 4.39 Å². The zero-order chi connectivity index (χ0) is 12.8. The van der Waals surface area contributed by atoms with Crippen molar-refractivity contribution in [2.24, 2.45) is 10.7 Å². The van der Waals surface area contributed by atoms with Crippen LogP contribution in [0, 0.1) is 5.82 Å². The number of hydrogen-bond acceptors (Lipinski definition) is 1. The van der Waals surface area contributed by atoms with Crippen molar-refractivity contribution in [3.05, 3.63) is 35.6 Å². The number of guanidine groups is 1. The van der Waals surface area contributed by atoms with Crippen LogP contribution in [-0.2, 0) is 6.42 Å². The highest BCUT2D eigenvalue weighted by Gasteiger charge is 2.14. The summed E-state index contributed by atoms with van der Waals surface area (Å²) in [7, 11) is 0. The first-order valence-corrected chi connectivity index (χ1v) is 6.55. The number of nitrogens with two attached hydrogens (primary N) is 1. The molecule has 0 spiro atoms. The van der Waals surface area contributed by atoms with E-state index in [1.807, 2.05) is 0 Å². The van der Waals surface area contributed by atoms with E-state index in [1.165, 1.54) is 37.8 Å². The van der Waals surface area contributed by atoms with E-state index in [0.717, 1.165) is 12.0 Å². The van der Waals surface area contributed by atoms with Crippen LogP contribution in [0.3, 0.4) is 0 Å². The van der Waals surface area contributed by atoms with Gasteiger partial charge in [-0.05, 0) is 37.0 Å². The Morgan fingerprint density at radius 3 is 2.61 bits per heavy atom. The summed E-state index contributed by atoms with van der Waals surface area (Å²) < 4.78 is 12.7. The van der Waals surface area contributed by atoms with Crippen molar-refractivity contribution in [3.8, 4) is 0 Å². The van der Waals surface area contributed by atoms with Crippen molar-refractivity contribution >= 4 is 5.96 Å². The van der Waals surface area contributed by atoms with Gasteiger partial charge in [-0.1, -0.05) is 25.0 Å². The Balaban J connectivity index is 1.74. The summed E-state index contributed by atoms with van der Waals surface area (Å²) >= 11 is 0. The molecule has 1 fully saturated rings. The molecule has 0 heterocycles. The van der Waals surface area contributed by atoms with Gasteiger partial charge in [-0.2, -0.15) is 0 Å². The van der Waals surface area contributed by atoms with Gasteiger partial charge < -0.3 is 11.1 Å². The first kappa shape index (κ1) is 12.9. The van der Waals surface area contributed by atoms with Crippen LogP contribution in [-0.4, -0.2) is 18.5 Å². The fourth-order valence-corrected chi connectivity index (χ4v) is 2.28. The maximum absolute atomic E-state index is 12.7. The molecule has 0 bridgehead atoms. The van der Waals surface area contributed by atoms with Crippen molar-refractivity contribution in [3.63, 3.8) is 0 Å². The molecule has 98 valence electrons.